The van der Waals surface area contributed by atoms with E-state index in [2.05, 4.69) is 22.3 Å². The fraction of sp³-hybridized carbons (Fsp3) is 0.438. The lowest BCUT2D eigenvalue weighted by molar-refractivity contribution is 0.0956. The number of aromatic nitrogens is 2. The molecule has 0 aliphatic carbocycles. The number of benzene rings is 1. The van der Waals surface area contributed by atoms with Gasteiger partial charge in [0.05, 0.1) is 0 Å². The molecule has 1 fully saturated rings. The van der Waals surface area contributed by atoms with Gasteiger partial charge < -0.3 is 9.52 Å². The van der Waals surface area contributed by atoms with Crippen LogP contribution in [0, 0.1) is 0 Å². The van der Waals surface area contributed by atoms with E-state index in [1.807, 2.05) is 18.2 Å². The maximum absolute atomic E-state index is 11.3. The van der Waals surface area contributed by atoms with Crippen molar-refractivity contribution in [1.29, 1.82) is 0 Å². The molecule has 0 unspecified atom stereocenters. The van der Waals surface area contributed by atoms with Crippen molar-refractivity contribution < 1.29 is 14.3 Å². The smallest absolute Gasteiger partial charge is 0.407 e. The van der Waals surface area contributed by atoms with Gasteiger partial charge in [0.25, 0.3) is 0 Å². The first-order valence-electron chi connectivity index (χ1n) is 7.60. The Kier molecular flexibility index (Phi) is 4.37. The second kappa shape index (κ2) is 6.60. The van der Waals surface area contributed by atoms with Crippen molar-refractivity contribution in [3.63, 3.8) is 0 Å². The molecule has 2 heterocycles. The average Bonchev–Trinajstić information content (AvgIpc) is 3.03. The topological polar surface area (TPSA) is 79.5 Å². The molecule has 1 amide bonds. The van der Waals surface area contributed by atoms with Gasteiger partial charge in [0.2, 0.25) is 11.8 Å². The standard InChI is InChI=1S/C16H19N3O3/c20-16(21)19-11-5-4-8-13(19)15-18-17-14(22-15)10-9-12-6-2-1-3-7-12/h1-3,6-7,13H,4-5,8-11H2,(H,20,21)/t13-/m0/s1. The lowest BCUT2D eigenvalue weighted by Gasteiger charge is -2.30. The van der Waals surface area contributed by atoms with Gasteiger partial charge in [-0.2, -0.15) is 0 Å². The highest BCUT2D eigenvalue weighted by Gasteiger charge is 2.31. The third kappa shape index (κ3) is 3.27. The van der Waals surface area contributed by atoms with Crippen LogP contribution in [-0.4, -0.2) is 32.8 Å². The molecule has 0 radical (unpaired) electrons. The third-order valence-electron chi connectivity index (χ3n) is 3.99. The summed E-state index contributed by atoms with van der Waals surface area (Å²) in [7, 11) is 0. The highest BCUT2D eigenvalue weighted by molar-refractivity contribution is 5.65. The molecule has 2 aromatic rings. The van der Waals surface area contributed by atoms with Crippen molar-refractivity contribution in [2.45, 2.75) is 38.1 Å². The van der Waals surface area contributed by atoms with Gasteiger partial charge in [-0.15, -0.1) is 10.2 Å². The first-order chi connectivity index (χ1) is 10.7. The maximum Gasteiger partial charge on any atom is 0.407 e. The quantitative estimate of drug-likeness (QED) is 0.938. The van der Waals surface area contributed by atoms with Gasteiger partial charge >= 0.3 is 6.09 Å². The van der Waals surface area contributed by atoms with Crippen LogP contribution in [0.2, 0.25) is 0 Å². The van der Waals surface area contributed by atoms with Crippen LogP contribution >= 0.6 is 0 Å². The average molecular weight is 301 g/mol. The number of carbonyl (C=O) groups is 1. The number of piperidine rings is 1. The van der Waals surface area contributed by atoms with Crippen molar-refractivity contribution in [2.75, 3.05) is 6.54 Å². The Labute approximate surface area is 128 Å². The van der Waals surface area contributed by atoms with Crippen LogP contribution in [0.3, 0.4) is 0 Å². The van der Waals surface area contributed by atoms with Crippen LogP contribution in [0.5, 0.6) is 0 Å². The predicted molar refractivity (Wildman–Crippen MR) is 79.5 cm³/mol. The Balaban J connectivity index is 1.66. The number of carboxylic acid groups (broad SMARTS) is 1. The van der Waals surface area contributed by atoms with E-state index >= 15 is 0 Å². The molecule has 0 spiro atoms. The molecule has 1 saturated heterocycles. The van der Waals surface area contributed by atoms with E-state index < -0.39 is 6.09 Å². The summed E-state index contributed by atoms with van der Waals surface area (Å²) in [5.74, 6) is 0.986. The largest absolute Gasteiger partial charge is 0.465 e. The minimum Gasteiger partial charge on any atom is -0.465 e. The molecule has 116 valence electrons. The summed E-state index contributed by atoms with van der Waals surface area (Å²) >= 11 is 0. The third-order valence-corrected chi connectivity index (χ3v) is 3.99. The summed E-state index contributed by atoms with van der Waals surface area (Å²) in [6.07, 6.45) is 3.18. The number of amides is 1. The molecule has 0 saturated carbocycles. The van der Waals surface area contributed by atoms with Gasteiger partial charge in [0, 0.05) is 13.0 Å². The van der Waals surface area contributed by atoms with Gasteiger partial charge in [-0.3, -0.25) is 4.90 Å². The normalized spacial score (nSPS) is 18.4. The highest BCUT2D eigenvalue weighted by Crippen LogP contribution is 2.30. The number of likely N-dealkylation sites (tertiary alicyclic amines) is 1. The molecule has 0 bridgehead atoms. The van der Waals surface area contributed by atoms with Crippen molar-refractivity contribution in [3.05, 3.63) is 47.7 Å². The Morgan fingerprint density at radius 2 is 2.05 bits per heavy atom. The number of aryl methyl sites for hydroxylation is 2. The monoisotopic (exact) mass is 301 g/mol. The molecule has 1 aromatic heterocycles. The molecule has 22 heavy (non-hydrogen) atoms. The molecule has 3 rings (SSSR count). The number of rotatable bonds is 4. The van der Waals surface area contributed by atoms with E-state index in [-0.39, 0.29) is 6.04 Å². The lowest BCUT2D eigenvalue weighted by atomic mass is 10.0. The van der Waals surface area contributed by atoms with Gasteiger partial charge in [-0.25, -0.2) is 4.79 Å². The van der Waals surface area contributed by atoms with E-state index in [1.165, 1.54) is 10.5 Å². The number of hydrogen-bond donors (Lipinski definition) is 1. The van der Waals surface area contributed by atoms with Gasteiger partial charge in [0.15, 0.2) is 0 Å². The Morgan fingerprint density at radius 3 is 2.82 bits per heavy atom. The zero-order chi connectivity index (χ0) is 15.4. The molecule has 1 atom stereocenters. The second-order valence-electron chi connectivity index (χ2n) is 5.51. The van der Waals surface area contributed by atoms with Crippen LogP contribution in [0.15, 0.2) is 34.7 Å². The fourth-order valence-corrected chi connectivity index (χ4v) is 2.82. The summed E-state index contributed by atoms with van der Waals surface area (Å²) < 4.78 is 5.70. The summed E-state index contributed by atoms with van der Waals surface area (Å²) in [6, 6.07) is 9.81. The summed E-state index contributed by atoms with van der Waals surface area (Å²) in [6.45, 7) is 0.529. The molecule has 1 N–H and O–H groups in total. The summed E-state index contributed by atoms with van der Waals surface area (Å²) in [4.78, 5) is 12.7. The molecule has 1 aliphatic rings. The predicted octanol–water partition coefficient (Wildman–Crippen LogP) is 3.06. The second-order valence-corrected chi connectivity index (χ2v) is 5.51. The Hall–Kier alpha value is -2.37. The molecule has 1 aliphatic heterocycles. The van der Waals surface area contributed by atoms with Crippen LogP contribution in [0.1, 0.15) is 42.6 Å². The van der Waals surface area contributed by atoms with Crippen LogP contribution in [-0.2, 0) is 12.8 Å². The van der Waals surface area contributed by atoms with Crippen molar-refractivity contribution in [2.24, 2.45) is 0 Å². The first kappa shape index (κ1) is 14.6. The highest BCUT2D eigenvalue weighted by atomic mass is 16.4. The van der Waals surface area contributed by atoms with E-state index in [0.717, 1.165) is 25.7 Å². The van der Waals surface area contributed by atoms with Crippen LogP contribution in [0.4, 0.5) is 4.79 Å². The minimum absolute atomic E-state index is 0.302. The lowest BCUT2D eigenvalue weighted by Crippen LogP contribution is -2.37. The molecule has 6 heteroatoms. The first-order valence-corrected chi connectivity index (χ1v) is 7.60. The summed E-state index contributed by atoms with van der Waals surface area (Å²) in [5.41, 5.74) is 1.21. The van der Waals surface area contributed by atoms with E-state index in [9.17, 15) is 9.90 Å². The minimum atomic E-state index is -0.922. The molecular weight excluding hydrogens is 282 g/mol. The van der Waals surface area contributed by atoms with Gasteiger partial charge in [0.1, 0.15) is 6.04 Å². The van der Waals surface area contributed by atoms with Crippen molar-refractivity contribution in [1.82, 2.24) is 15.1 Å². The molecular formula is C16H19N3O3. The molecule has 1 aromatic carbocycles. The van der Waals surface area contributed by atoms with E-state index in [1.54, 1.807) is 0 Å². The molecule has 6 nitrogen and oxygen atoms in total. The Morgan fingerprint density at radius 1 is 1.23 bits per heavy atom. The van der Waals surface area contributed by atoms with Crippen LogP contribution < -0.4 is 0 Å². The fourth-order valence-electron chi connectivity index (χ4n) is 2.82. The SMILES string of the molecule is O=C(O)N1CCCC[C@H]1c1nnc(CCc2ccccc2)o1. The Bertz CT molecular complexity index is 627. The van der Waals surface area contributed by atoms with Gasteiger partial charge in [-0.1, -0.05) is 30.3 Å². The van der Waals surface area contributed by atoms with Gasteiger partial charge in [-0.05, 0) is 31.2 Å². The number of nitrogens with zero attached hydrogens (tertiary/aromatic N) is 3. The van der Waals surface area contributed by atoms with Crippen LogP contribution in [0.25, 0.3) is 0 Å². The summed E-state index contributed by atoms with van der Waals surface area (Å²) in [5, 5.41) is 17.4. The van der Waals surface area contributed by atoms with Crippen molar-refractivity contribution in [3.8, 4) is 0 Å². The zero-order valence-corrected chi connectivity index (χ0v) is 12.3. The van der Waals surface area contributed by atoms with E-state index in [0.29, 0.717) is 24.7 Å². The van der Waals surface area contributed by atoms with Crippen molar-refractivity contribution >= 4 is 6.09 Å². The number of hydrogen-bond acceptors (Lipinski definition) is 4. The maximum atomic E-state index is 11.3. The zero-order valence-electron chi connectivity index (χ0n) is 12.3. The van der Waals surface area contributed by atoms with E-state index in [4.69, 9.17) is 4.42 Å².